The third-order valence-corrected chi connectivity index (χ3v) is 14.9. The number of piperidine rings is 1. The van der Waals surface area contributed by atoms with Gasteiger partial charge in [-0.1, -0.05) is 40.7 Å². The summed E-state index contributed by atoms with van der Waals surface area (Å²) in [4.78, 5) is 70.1. The molecule has 2 saturated carbocycles. The molecule has 2 saturated heterocycles. The van der Waals surface area contributed by atoms with Crippen molar-refractivity contribution in [3.05, 3.63) is 47.5 Å². The summed E-state index contributed by atoms with van der Waals surface area (Å²) in [5.41, 5.74) is 0.351. The molecule has 0 radical (unpaired) electrons. The first-order valence-corrected chi connectivity index (χ1v) is 23.8. The van der Waals surface area contributed by atoms with Crippen molar-refractivity contribution in [1.29, 1.82) is 0 Å². The van der Waals surface area contributed by atoms with E-state index in [0.29, 0.717) is 45.9 Å². The van der Waals surface area contributed by atoms with Gasteiger partial charge in [-0.15, -0.1) is 17.9 Å². The summed E-state index contributed by atoms with van der Waals surface area (Å²) < 4.78 is 78.4. The molecule has 4 amide bonds. The average Bonchev–Trinajstić information content (AvgIpc) is 4.09. The lowest BCUT2D eigenvalue weighted by atomic mass is 9.77. The van der Waals surface area contributed by atoms with Crippen molar-refractivity contribution in [2.45, 2.75) is 122 Å². The quantitative estimate of drug-likeness (QED) is 0.133. The van der Waals surface area contributed by atoms with E-state index in [1.54, 1.807) is 40.0 Å². The van der Waals surface area contributed by atoms with E-state index in [1.807, 2.05) is 32.2 Å². The van der Waals surface area contributed by atoms with Crippen molar-refractivity contribution < 1.29 is 50.2 Å². The number of nitrogens with zero attached hydrogens (tertiary/aromatic N) is 5. The van der Waals surface area contributed by atoms with Gasteiger partial charge in [0, 0.05) is 60.3 Å². The molecule has 2 unspecified atom stereocenters. The highest BCUT2D eigenvalue weighted by Gasteiger charge is 2.63. The number of halogens is 3. The largest absolute Gasteiger partial charge is 0.496 e. The summed E-state index contributed by atoms with van der Waals surface area (Å²) in [6.07, 6.45) is -3.36. The summed E-state index contributed by atoms with van der Waals surface area (Å²) in [7, 11) is -1.74. The molecule has 4 aliphatic rings. The zero-order valence-electron chi connectivity index (χ0n) is 37.2. The van der Waals surface area contributed by atoms with E-state index in [4.69, 9.17) is 19.4 Å². The van der Waals surface area contributed by atoms with E-state index in [9.17, 15) is 36.0 Å². The maximum atomic E-state index is 15.0. The number of carbonyl (C=O) groups is 4. The van der Waals surface area contributed by atoms with Crippen molar-refractivity contribution in [2.75, 3.05) is 26.7 Å². The SMILES string of the molecule is C=CC1CC1(NC(=O)[C@@H]1C[C@@H](Oc2cc(-c3nc(C(C)C)cs3)nc3c(C)c(OC)ccc23)CN1C(=O)[C@@H](CC(=O)N1CCC(C(F)(F)F)CC1)C(C)(C)C)C(=O)N(C1CC1)[SH](=O)=O. The van der Waals surface area contributed by atoms with Gasteiger partial charge in [-0.25, -0.2) is 22.7 Å². The fourth-order valence-corrected chi connectivity index (χ4v) is 10.7. The van der Waals surface area contributed by atoms with Crippen molar-refractivity contribution >= 4 is 56.8 Å². The molecular weight excluding hydrogens is 874 g/mol. The number of methoxy groups -OCH3 is 1. The molecule has 5 atom stereocenters. The first-order chi connectivity index (χ1) is 30.1. The number of pyridine rings is 1. The van der Waals surface area contributed by atoms with Crippen molar-refractivity contribution in [2.24, 2.45) is 23.2 Å². The number of aryl methyl sites for hydroxylation is 1. The summed E-state index contributed by atoms with van der Waals surface area (Å²) in [6.45, 7) is 14.8. The molecule has 2 aromatic heterocycles. The second kappa shape index (κ2) is 17.9. The molecule has 7 rings (SSSR count). The Balaban J connectivity index is 1.23. The molecule has 3 aromatic rings. The van der Waals surface area contributed by atoms with Gasteiger partial charge >= 0.3 is 6.18 Å². The van der Waals surface area contributed by atoms with Gasteiger partial charge in [0.15, 0.2) is 0 Å². The number of carbonyl (C=O) groups excluding carboxylic acids is 4. The summed E-state index contributed by atoms with van der Waals surface area (Å²) >= 11 is 1.44. The number of rotatable bonds is 14. The third kappa shape index (κ3) is 9.47. The monoisotopic (exact) mass is 930 g/mol. The zero-order valence-corrected chi connectivity index (χ0v) is 38.9. The zero-order chi connectivity index (χ0) is 46.6. The smallest absolute Gasteiger partial charge is 0.391 e. The first kappa shape index (κ1) is 47.2. The molecule has 0 bridgehead atoms. The van der Waals surface area contributed by atoms with Crippen molar-refractivity contribution in [3.8, 4) is 22.2 Å². The Labute approximate surface area is 377 Å². The normalized spacial score (nSPS) is 23.3. The number of aromatic nitrogens is 2. The minimum atomic E-state index is -4.37. The summed E-state index contributed by atoms with van der Waals surface area (Å²) in [6, 6.07) is 3.67. The van der Waals surface area contributed by atoms with Gasteiger partial charge < -0.3 is 24.6 Å². The Bertz CT molecular complexity index is 2400. The standard InChI is InChI=1S/C45H57F3N6O8S2/c1-9-26-21-44(26,42(58)54(64(59)60)28-10-11-28)51-39(56)34-18-29(22-53(34)41(57)31(43(5,6)7)19-37(55)52-16-14-27(15-17-52)45(46,47)48)62-36-20-32(40-50-33(23-63-40)24(2)3)49-38-25(4)35(61-8)13-12-30(36)38/h9,12-13,20,23-24,26-29,31,34,64H,1,10-11,14-19,21-22H2,2-8H3,(H,51,56)/t26?,29-,31-,34+,44?/m1/s1. The van der Waals surface area contributed by atoms with E-state index >= 15 is 4.79 Å². The lowest BCUT2D eigenvalue weighted by molar-refractivity contribution is -0.186. The van der Waals surface area contributed by atoms with Crippen LogP contribution in [0.2, 0.25) is 0 Å². The number of amides is 4. The lowest BCUT2D eigenvalue weighted by Gasteiger charge is -2.37. The number of ether oxygens (including phenoxy) is 2. The molecule has 19 heteroatoms. The molecular formula is C45H57F3N6O8S2. The first-order valence-electron chi connectivity index (χ1n) is 21.8. The number of fused-ring (bicyclic) bond motifs is 1. The molecule has 4 heterocycles. The van der Waals surface area contributed by atoms with Gasteiger partial charge in [-0.05, 0) is 62.5 Å². The van der Waals surface area contributed by atoms with Crippen LogP contribution in [0, 0.1) is 30.1 Å². The predicted octanol–water partition coefficient (Wildman–Crippen LogP) is 6.58. The molecule has 2 aliphatic heterocycles. The van der Waals surface area contributed by atoms with Crippen LogP contribution < -0.4 is 14.8 Å². The minimum Gasteiger partial charge on any atom is -0.496 e. The topological polar surface area (TPSA) is 168 Å². The fourth-order valence-electron chi connectivity index (χ4n) is 8.97. The highest BCUT2D eigenvalue weighted by Crippen LogP contribution is 2.48. The number of benzene rings is 1. The van der Waals surface area contributed by atoms with Crippen LogP contribution in [0.1, 0.15) is 96.7 Å². The van der Waals surface area contributed by atoms with Crippen LogP contribution in [0.4, 0.5) is 13.2 Å². The number of hydrogen-bond donors (Lipinski definition) is 2. The Morgan fingerprint density at radius 3 is 2.31 bits per heavy atom. The molecule has 1 N–H and O–H groups in total. The maximum Gasteiger partial charge on any atom is 0.391 e. The highest BCUT2D eigenvalue weighted by molar-refractivity contribution is 7.70. The molecule has 2 aliphatic carbocycles. The van der Waals surface area contributed by atoms with Crippen LogP contribution in [-0.4, -0.2) is 113 Å². The minimum absolute atomic E-state index is 0.0401. The number of alkyl halides is 3. The van der Waals surface area contributed by atoms with Gasteiger partial charge in [0.1, 0.15) is 39.9 Å². The van der Waals surface area contributed by atoms with Gasteiger partial charge in [0.05, 0.1) is 36.7 Å². The second-order valence-electron chi connectivity index (χ2n) is 19.0. The molecule has 1 aromatic carbocycles. The number of thiol groups is 1. The van der Waals surface area contributed by atoms with Crippen LogP contribution in [0.3, 0.4) is 0 Å². The van der Waals surface area contributed by atoms with Gasteiger partial charge in [0.2, 0.25) is 28.6 Å². The van der Waals surface area contributed by atoms with E-state index in [-0.39, 0.29) is 57.7 Å². The maximum absolute atomic E-state index is 15.0. The summed E-state index contributed by atoms with van der Waals surface area (Å²) in [5.74, 6) is -4.36. The van der Waals surface area contributed by atoms with Crippen LogP contribution in [-0.2, 0) is 30.1 Å². The Morgan fingerprint density at radius 1 is 1.08 bits per heavy atom. The molecule has 64 heavy (non-hydrogen) atoms. The molecule has 14 nitrogen and oxygen atoms in total. The van der Waals surface area contributed by atoms with E-state index in [1.165, 1.54) is 27.2 Å². The predicted molar refractivity (Wildman–Crippen MR) is 235 cm³/mol. The van der Waals surface area contributed by atoms with Crippen molar-refractivity contribution in [3.63, 3.8) is 0 Å². The van der Waals surface area contributed by atoms with E-state index in [0.717, 1.165) is 15.6 Å². The Hall–Kier alpha value is -4.78. The van der Waals surface area contributed by atoms with Crippen molar-refractivity contribution in [1.82, 2.24) is 29.4 Å². The van der Waals surface area contributed by atoms with Gasteiger partial charge in [-0.2, -0.15) is 13.2 Å². The summed E-state index contributed by atoms with van der Waals surface area (Å²) in [5, 5.41) is 6.14. The average molecular weight is 931 g/mol. The number of nitrogens with one attached hydrogen (secondary N) is 1. The number of hydrogen-bond acceptors (Lipinski definition) is 11. The van der Waals surface area contributed by atoms with Gasteiger partial charge in [-0.3, -0.25) is 19.2 Å². The van der Waals surface area contributed by atoms with E-state index < -0.39 is 87.6 Å². The van der Waals surface area contributed by atoms with Crippen LogP contribution >= 0.6 is 11.3 Å². The number of likely N-dealkylation sites (tertiary alicyclic amines) is 2. The second-order valence-corrected chi connectivity index (χ2v) is 20.7. The lowest BCUT2D eigenvalue weighted by Crippen LogP contribution is -2.57. The number of thiazole rings is 1. The Morgan fingerprint density at radius 2 is 1.77 bits per heavy atom. The Kier molecular flexibility index (Phi) is 13.2. The molecule has 348 valence electrons. The van der Waals surface area contributed by atoms with Crippen LogP contribution in [0.5, 0.6) is 11.5 Å². The molecule has 0 spiro atoms. The third-order valence-electron chi connectivity index (χ3n) is 13.2. The molecule has 4 fully saturated rings. The van der Waals surface area contributed by atoms with Gasteiger partial charge in [0.25, 0.3) is 5.91 Å². The van der Waals surface area contributed by atoms with Crippen LogP contribution in [0.15, 0.2) is 36.2 Å². The van der Waals surface area contributed by atoms with E-state index in [2.05, 4.69) is 11.9 Å². The fraction of sp³-hybridized carbons (Fsp3) is 0.600. The highest BCUT2D eigenvalue weighted by atomic mass is 32.2. The van der Waals surface area contributed by atoms with Crippen LogP contribution in [0.25, 0.3) is 21.6 Å².